The molecule has 0 fully saturated rings. The van der Waals surface area contributed by atoms with Crippen LogP contribution in [0.15, 0.2) is 65.8 Å². The first kappa shape index (κ1) is 20.5. The van der Waals surface area contributed by atoms with E-state index in [0.717, 1.165) is 29.5 Å². The molecule has 0 bridgehead atoms. The Hall–Kier alpha value is -2.77. The Morgan fingerprint density at radius 2 is 1.97 bits per heavy atom. The minimum atomic E-state index is -3.84. The van der Waals surface area contributed by atoms with E-state index < -0.39 is 10.0 Å². The molecule has 0 N–H and O–H groups in total. The van der Waals surface area contributed by atoms with Crippen LogP contribution in [0.25, 0.3) is 10.8 Å². The number of hydrogen-bond donors (Lipinski definition) is 0. The second-order valence-corrected chi connectivity index (χ2v) is 9.38. The summed E-state index contributed by atoms with van der Waals surface area (Å²) in [4.78, 5) is 19.2. The van der Waals surface area contributed by atoms with Crippen LogP contribution in [0, 0.1) is 0 Å². The first-order chi connectivity index (χ1) is 14.5. The van der Waals surface area contributed by atoms with Crippen LogP contribution in [-0.2, 0) is 21.2 Å². The minimum absolute atomic E-state index is 0.175. The second kappa shape index (κ2) is 8.53. The molecular formula is C23H25N3O3S. The monoisotopic (exact) mass is 423 g/mol. The van der Waals surface area contributed by atoms with Crippen LogP contribution in [0.2, 0.25) is 0 Å². The lowest BCUT2D eigenvalue weighted by molar-refractivity contribution is -0.118. The topological polar surface area (TPSA) is 70.6 Å². The van der Waals surface area contributed by atoms with Gasteiger partial charge in [-0.1, -0.05) is 37.3 Å². The number of carbonyl (C=O) groups is 1. The van der Waals surface area contributed by atoms with Crippen molar-refractivity contribution in [3.05, 3.63) is 66.5 Å². The molecule has 6 nitrogen and oxygen atoms in total. The third-order valence-corrected chi connectivity index (χ3v) is 7.36. The van der Waals surface area contributed by atoms with E-state index in [-0.39, 0.29) is 23.9 Å². The minimum Gasteiger partial charge on any atom is -0.311 e. The third-order valence-electron chi connectivity index (χ3n) is 5.45. The molecule has 2 aromatic carbocycles. The van der Waals surface area contributed by atoms with Crippen LogP contribution in [-0.4, -0.2) is 43.2 Å². The number of benzene rings is 2. The highest BCUT2D eigenvalue weighted by atomic mass is 32.2. The van der Waals surface area contributed by atoms with Crippen molar-refractivity contribution < 1.29 is 13.2 Å². The Balaban J connectivity index is 1.66. The van der Waals surface area contributed by atoms with Gasteiger partial charge in [-0.25, -0.2) is 8.42 Å². The van der Waals surface area contributed by atoms with Crippen LogP contribution in [0.3, 0.4) is 0 Å². The molecule has 4 rings (SSSR count). The Kier molecular flexibility index (Phi) is 5.83. The lowest BCUT2D eigenvalue weighted by Gasteiger charge is -2.31. The van der Waals surface area contributed by atoms with Crippen LogP contribution in [0.1, 0.15) is 25.3 Å². The molecule has 0 atom stereocenters. The average molecular weight is 424 g/mol. The molecule has 30 heavy (non-hydrogen) atoms. The lowest BCUT2D eigenvalue weighted by Crippen LogP contribution is -2.45. The number of carbonyl (C=O) groups excluding carboxylic acids is 1. The first-order valence-corrected chi connectivity index (χ1v) is 11.7. The van der Waals surface area contributed by atoms with E-state index in [1.54, 1.807) is 35.5 Å². The summed E-state index contributed by atoms with van der Waals surface area (Å²) in [5, 5.41) is 1.37. The van der Waals surface area contributed by atoms with Crippen molar-refractivity contribution in [1.82, 2.24) is 9.29 Å². The van der Waals surface area contributed by atoms with Crippen LogP contribution in [0.4, 0.5) is 5.69 Å². The van der Waals surface area contributed by atoms with Gasteiger partial charge in [0.1, 0.15) is 0 Å². The molecule has 3 aromatic rings. The van der Waals surface area contributed by atoms with Gasteiger partial charge in [-0.2, -0.15) is 4.31 Å². The van der Waals surface area contributed by atoms with Gasteiger partial charge in [-0.3, -0.25) is 9.78 Å². The number of amides is 1. The number of anilines is 1. The van der Waals surface area contributed by atoms with Crippen molar-refractivity contribution >= 4 is 32.4 Å². The lowest BCUT2D eigenvalue weighted by atomic mass is 10.0. The van der Waals surface area contributed by atoms with Gasteiger partial charge in [0.2, 0.25) is 15.9 Å². The summed E-state index contributed by atoms with van der Waals surface area (Å²) in [5.74, 6) is -0.193. The summed E-state index contributed by atoms with van der Waals surface area (Å²) < 4.78 is 28.4. The van der Waals surface area contributed by atoms with E-state index in [1.807, 2.05) is 37.3 Å². The van der Waals surface area contributed by atoms with Gasteiger partial charge in [-0.15, -0.1) is 0 Å². The van der Waals surface area contributed by atoms with Gasteiger partial charge in [0.15, 0.2) is 0 Å². The fraction of sp³-hybridized carbons (Fsp3) is 0.304. The standard InChI is InChI=1S/C23H25N3O3S/c1-2-14-25(17-23(27)26-15-6-9-18-7-3-4-10-21(18)26)30(28,29)22-11-5-8-19-16-24-13-12-20(19)22/h3-5,7-8,10-13,16H,2,6,9,14-15,17H2,1H3. The van der Waals surface area contributed by atoms with E-state index in [0.29, 0.717) is 18.4 Å². The molecule has 0 aliphatic carbocycles. The quantitative estimate of drug-likeness (QED) is 0.607. The second-order valence-electron chi connectivity index (χ2n) is 7.47. The summed E-state index contributed by atoms with van der Waals surface area (Å²) in [5.41, 5.74) is 2.02. The number of nitrogens with zero attached hydrogens (tertiary/aromatic N) is 3. The number of para-hydroxylation sites is 1. The molecule has 0 saturated carbocycles. The van der Waals surface area contributed by atoms with Crippen LogP contribution in [0.5, 0.6) is 0 Å². The Labute approximate surface area is 177 Å². The van der Waals surface area contributed by atoms with Gasteiger partial charge >= 0.3 is 0 Å². The molecule has 0 saturated heterocycles. The van der Waals surface area contributed by atoms with Gasteiger partial charge in [0.05, 0.1) is 11.4 Å². The summed E-state index contributed by atoms with van der Waals surface area (Å²) >= 11 is 0. The highest BCUT2D eigenvalue weighted by Crippen LogP contribution is 2.28. The number of aryl methyl sites for hydroxylation is 1. The Bertz CT molecular complexity index is 1170. The van der Waals surface area contributed by atoms with Crippen LogP contribution < -0.4 is 4.90 Å². The van der Waals surface area contributed by atoms with Gasteiger partial charge in [0.25, 0.3) is 0 Å². The fourth-order valence-corrected chi connectivity index (χ4v) is 5.72. The van der Waals surface area contributed by atoms with Crippen LogP contribution >= 0.6 is 0 Å². The van der Waals surface area contributed by atoms with Crippen molar-refractivity contribution in [2.45, 2.75) is 31.1 Å². The predicted octanol–water partition coefficient (Wildman–Crippen LogP) is 3.61. The first-order valence-electron chi connectivity index (χ1n) is 10.2. The molecule has 0 radical (unpaired) electrons. The van der Waals surface area contributed by atoms with E-state index in [2.05, 4.69) is 4.98 Å². The van der Waals surface area contributed by atoms with Crippen molar-refractivity contribution in [1.29, 1.82) is 0 Å². The Morgan fingerprint density at radius 3 is 2.80 bits per heavy atom. The number of pyridine rings is 1. The number of aromatic nitrogens is 1. The molecule has 1 aliphatic rings. The van der Waals surface area contributed by atoms with E-state index in [4.69, 9.17) is 0 Å². The van der Waals surface area contributed by atoms with E-state index in [9.17, 15) is 13.2 Å². The maximum absolute atomic E-state index is 13.5. The molecule has 0 spiro atoms. The Morgan fingerprint density at radius 1 is 1.13 bits per heavy atom. The largest absolute Gasteiger partial charge is 0.311 e. The van der Waals surface area contributed by atoms with Crippen molar-refractivity contribution in [2.24, 2.45) is 0 Å². The average Bonchev–Trinajstić information content (AvgIpc) is 2.77. The number of hydrogen-bond acceptors (Lipinski definition) is 4. The molecule has 1 aliphatic heterocycles. The van der Waals surface area contributed by atoms with Crippen molar-refractivity contribution in [3.63, 3.8) is 0 Å². The summed E-state index contributed by atoms with van der Waals surface area (Å²) in [6.07, 6.45) is 5.66. The zero-order chi connectivity index (χ0) is 21.1. The van der Waals surface area contributed by atoms with E-state index >= 15 is 0 Å². The van der Waals surface area contributed by atoms with Gasteiger partial charge < -0.3 is 4.90 Å². The van der Waals surface area contributed by atoms with Crippen molar-refractivity contribution in [3.8, 4) is 0 Å². The summed E-state index contributed by atoms with van der Waals surface area (Å²) in [6, 6.07) is 14.7. The molecule has 1 amide bonds. The number of rotatable bonds is 6. The molecular weight excluding hydrogens is 398 g/mol. The fourth-order valence-electron chi connectivity index (χ4n) is 4.02. The van der Waals surface area contributed by atoms with Gasteiger partial charge in [-0.05, 0) is 43.0 Å². The molecule has 7 heteroatoms. The zero-order valence-corrected chi connectivity index (χ0v) is 17.8. The van der Waals surface area contributed by atoms with Gasteiger partial charge in [0, 0.05) is 41.9 Å². The maximum Gasteiger partial charge on any atom is 0.244 e. The highest BCUT2D eigenvalue weighted by molar-refractivity contribution is 7.89. The smallest absolute Gasteiger partial charge is 0.244 e. The van der Waals surface area contributed by atoms with E-state index in [1.165, 1.54) is 4.31 Å². The number of fused-ring (bicyclic) bond motifs is 2. The normalized spacial score (nSPS) is 14.1. The predicted molar refractivity (Wildman–Crippen MR) is 118 cm³/mol. The zero-order valence-electron chi connectivity index (χ0n) is 17.0. The summed E-state index contributed by atoms with van der Waals surface area (Å²) in [6.45, 7) is 2.63. The maximum atomic E-state index is 13.5. The molecule has 0 unspecified atom stereocenters. The molecule has 2 heterocycles. The third kappa shape index (κ3) is 3.82. The summed E-state index contributed by atoms with van der Waals surface area (Å²) in [7, 11) is -3.84. The molecule has 156 valence electrons. The molecule has 1 aromatic heterocycles. The highest BCUT2D eigenvalue weighted by Gasteiger charge is 2.30. The van der Waals surface area contributed by atoms with Crippen molar-refractivity contribution in [2.75, 3.05) is 24.5 Å². The number of sulfonamides is 1. The SMILES string of the molecule is CCCN(CC(=O)N1CCCc2ccccc21)S(=O)(=O)c1cccc2cnccc12.